The number of morpholine rings is 1. The summed E-state index contributed by atoms with van der Waals surface area (Å²) in [5, 5.41) is 9.16. The van der Waals surface area contributed by atoms with Gasteiger partial charge in [-0.2, -0.15) is 0 Å². The molecule has 1 amide bonds. The van der Waals surface area contributed by atoms with Crippen molar-refractivity contribution in [2.24, 2.45) is 0 Å². The van der Waals surface area contributed by atoms with E-state index in [9.17, 15) is 13.2 Å². The molecule has 33 heavy (non-hydrogen) atoms. The molecule has 180 valence electrons. The highest BCUT2D eigenvalue weighted by Gasteiger charge is 2.36. The molecular formula is C22H31N5O4S2. The number of benzene rings is 1. The van der Waals surface area contributed by atoms with Crippen LogP contribution in [0.2, 0.25) is 0 Å². The third-order valence-electron chi connectivity index (χ3n) is 6.17. The average molecular weight is 494 g/mol. The third kappa shape index (κ3) is 5.20. The van der Waals surface area contributed by atoms with Crippen molar-refractivity contribution in [2.75, 3.05) is 49.3 Å². The number of hydrogen-bond acceptors (Lipinski definition) is 8. The van der Waals surface area contributed by atoms with Gasteiger partial charge in [0.05, 0.1) is 35.7 Å². The predicted molar refractivity (Wildman–Crippen MR) is 129 cm³/mol. The summed E-state index contributed by atoms with van der Waals surface area (Å²) in [7, 11) is -3.07. The Hall–Kier alpha value is -2.11. The van der Waals surface area contributed by atoms with E-state index in [1.807, 2.05) is 49.6 Å². The molecule has 0 N–H and O–H groups in total. The first-order chi connectivity index (χ1) is 15.8. The zero-order valence-corrected chi connectivity index (χ0v) is 20.9. The Morgan fingerprint density at radius 1 is 1.27 bits per heavy atom. The summed E-state index contributed by atoms with van der Waals surface area (Å²) in [6.07, 6.45) is 0.500. The van der Waals surface area contributed by atoms with Crippen molar-refractivity contribution in [2.45, 2.75) is 43.6 Å². The van der Waals surface area contributed by atoms with Crippen molar-refractivity contribution in [3.05, 3.63) is 29.8 Å². The zero-order chi connectivity index (χ0) is 23.6. The van der Waals surface area contributed by atoms with Gasteiger partial charge in [0.15, 0.2) is 15.0 Å². The van der Waals surface area contributed by atoms with Gasteiger partial charge in [-0.1, -0.05) is 30.0 Å². The number of amides is 1. The van der Waals surface area contributed by atoms with E-state index < -0.39 is 15.1 Å². The normalized spacial score (nSPS) is 21.2. The fourth-order valence-electron chi connectivity index (χ4n) is 4.39. The van der Waals surface area contributed by atoms with Crippen LogP contribution >= 0.6 is 11.8 Å². The SMILES string of the molecule is CCN(C(=O)C(C)Sc1nnc(N2CCOCC2)n1-c1ccccc1C)C1CCS(=O)(=O)C1. The smallest absolute Gasteiger partial charge is 0.236 e. The van der Waals surface area contributed by atoms with Gasteiger partial charge in [-0.05, 0) is 38.8 Å². The third-order valence-corrected chi connectivity index (χ3v) is 8.95. The van der Waals surface area contributed by atoms with E-state index >= 15 is 0 Å². The van der Waals surface area contributed by atoms with Crippen molar-refractivity contribution < 1.29 is 17.9 Å². The molecule has 2 unspecified atom stereocenters. The van der Waals surface area contributed by atoms with E-state index in [0.29, 0.717) is 31.3 Å². The van der Waals surface area contributed by atoms with Crippen molar-refractivity contribution in [3.63, 3.8) is 0 Å². The van der Waals surface area contributed by atoms with E-state index in [2.05, 4.69) is 15.1 Å². The summed E-state index contributed by atoms with van der Waals surface area (Å²) < 4.78 is 31.4. The average Bonchev–Trinajstić information content (AvgIpc) is 3.38. The molecule has 0 aliphatic carbocycles. The van der Waals surface area contributed by atoms with E-state index in [0.717, 1.165) is 30.3 Å². The molecule has 2 saturated heterocycles. The number of aryl methyl sites for hydroxylation is 1. The van der Waals surface area contributed by atoms with Gasteiger partial charge in [-0.3, -0.25) is 9.36 Å². The minimum atomic E-state index is -3.07. The molecule has 1 aromatic heterocycles. The molecule has 2 atom stereocenters. The van der Waals surface area contributed by atoms with Crippen LogP contribution in [0.15, 0.2) is 29.4 Å². The van der Waals surface area contributed by atoms with Crippen LogP contribution in [0.25, 0.3) is 5.69 Å². The van der Waals surface area contributed by atoms with Gasteiger partial charge >= 0.3 is 0 Å². The Kier molecular flexibility index (Phi) is 7.30. The number of anilines is 1. The van der Waals surface area contributed by atoms with Gasteiger partial charge in [-0.15, -0.1) is 10.2 Å². The molecule has 2 aliphatic heterocycles. The molecule has 0 radical (unpaired) electrons. The quantitative estimate of drug-likeness (QED) is 0.540. The lowest BCUT2D eigenvalue weighted by atomic mass is 10.2. The molecule has 2 aliphatic rings. The molecule has 4 rings (SSSR count). The lowest BCUT2D eigenvalue weighted by Gasteiger charge is -2.30. The predicted octanol–water partition coefficient (Wildman–Crippen LogP) is 1.93. The number of thioether (sulfide) groups is 1. The van der Waals surface area contributed by atoms with Crippen molar-refractivity contribution in [3.8, 4) is 5.69 Å². The van der Waals surface area contributed by atoms with Gasteiger partial charge in [-0.25, -0.2) is 8.42 Å². The van der Waals surface area contributed by atoms with Crippen LogP contribution in [0, 0.1) is 6.92 Å². The summed E-state index contributed by atoms with van der Waals surface area (Å²) >= 11 is 1.36. The Labute approximate surface area is 199 Å². The number of ether oxygens (including phenoxy) is 1. The lowest BCUT2D eigenvalue weighted by molar-refractivity contribution is -0.131. The highest BCUT2D eigenvalue weighted by Crippen LogP contribution is 2.32. The van der Waals surface area contributed by atoms with E-state index in [-0.39, 0.29) is 23.5 Å². The van der Waals surface area contributed by atoms with Crippen molar-refractivity contribution in [1.82, 2.24) is 19.7 Å². The van der Waals surface area contributed by atoms with E-state index in [1.165, 1.54) is 11.8 Å². The fourth-order valence-corrected chi connectivity index (χ4v) is 7.05. The molecule has 0 spiro atoms. The van der Waals surface area contributed by atoms with Gasteiger partial charge in [0.2, 0.25) is 11.9 Å². The van der Waals surface area contributed by atoms with Gasteiger partial charge in [0, 0.05) is 25.7 Å². The molecular weight excluding hydrogens is 462 g/mol. The van der Waals surface area contributed by atoms with Gasteiger partial charge < -0.3 is 14.5 Å². The standard InChI is InChI=1S/C22H31N5O4S2/c1-4-26(18-9-14-33(29,30)15-18)20(28)17(3)32-22-24-23-21(25-10-12-31-13-11-25)27(22)19-8-6-5-7-16(19)2/h5-8,17-18H,4,9-15H2,1-3H3. The molecule has 9 nitrogen and oxygen atoms in total. The number of para-hydroxylation sites is 1. The number of hydrogen-bond donors (Lipinski definition) is 0. The molecule has 2 aromatic rings. The Bertz CT molecular complexity index is 1100. The molecule has 2 fully saturated rings. The fraction of sp³-hybridized carbons (Fsp3) is 0.591. The highest BCUT2D eigenvalue weighted by atomic mass is 32.2. The van der Waals surface area contributed by atoms with Crippen LogP contribution in [0.1, 0.15) is 25.8 Å². The van der Waals surface area contributed by atoms with Crippen LogP contribution in [0.5, 0.6) is 0 Å². The number of carbonyl (C=O) groups excluding carboxylic acids is 1. The highest BCUT2D eigenvalue weighted by molar-refractivity contribution is 8.00. The number of aromatic nitrogens is 3. The minimum Gasteiger partial charge on any atom is -0.378 e. The van der Waals surface area contributed by atoms with E-state index in [1.54, 1.807) is 4.90 Å². The summed E-state index contributed by atoms with van der Waals surface area (Å²) in [5.74, 6) is 0.860. The second-order valence-corrected chi connectivity index (χ2v) is 12.0. The summed E-state index contributed by atoms with van der Waals surface area (Å²) in [4.78, 5) is 17.2. The van der Waals surface area contributed by atoms with Crippen LogP contribution < -0.4 is 4.90 Å². The first kappa shape index (κ1) is 24.0. The first-order valence-corrected chi connectivity index (χ1v) is 14.0. The monoisotopic (exact) mass is 493 g/mol. The molecule has 0 bridgehead atoms. The maximum Gasteiger partial charge on any atom is 0.236 e. The minimum absolute atomic E-state index is 0.0462. The van der Waals surface area contributed by atoms with Crippen LogP contribution in [0.3, 0.4) is 0 Å². The maximum absolute atomic E-state index is 13.3. The van der Waals surface area contributed by atoms with Crippen LogP contribution in [-0.4, -0.2) is 89.6 Å². The largest absolute Gasteiger partial charge is 0.378 e. The molecule has 1 aromatic carbocycles. The number of nitrogens with zero attached hydrogens (tertiary/aromatic N) is 5. The van der Waals surface area contributed by atoms with Gasteiger partial charge in [0.1, 0.15) is 0 Å². The van der Waals surface area contributed by atoms with E-state index in [4.69, 9.17) is 4.74 Å². The molecule has 0 saturated carbocycles. The maximum atomic E-state index is 13.3. The van der Waals surface area contributed by atoms with Gasteiger partial charge in [0.25, 0.3) is 0 Å². The lowest BCUT2D eigenvalue weighted by Crippen LogP contribution is -2.44. The molecule has 3 heterocycles. The summed E-state index contributed by atoms with van der Waals surface area (Å²) in [6, 6.07) is 7.79. The second kappa shape index (κ2) is 10.0. The second-order valence-electron chi connectivity index (χ2n) is 8.45. The first-order valence-electron chi connectivity index (χ1n) is 11.3. The topological polar surface area (TPSA) is 97.6 Å². The molecule has 11 heteroatoms. The summed E-state index contributed by atoms with van der Waals surface area (Å²) in [6.45, 7) is 8.98. The Balaban J connectivity index is 1.61. The van der Waals surface area contributed by atoms with Crippen LogP contribution in [-0.2, 0) is 19.4 Å². The van der Waals surface area contributed by atoms with Crippen LogP contribution in [0.4, 0.5) is 5.95 Å². The van der Waals surface area contributed by atoms with Crippen molar-refractivity contribution >= 4 is 33.5 Å². The number of rotatable bonds is 7. The zero-order valence-electron chi connectivity index (χ0n) is 19.3. The Morgan fingerprint density at radius 3 is 2.64 bits per heavy atom. The summed E-state index contributed by atoms with van der Waals surface area (Å²) in [5.41, 5.74) is 2.05. The van der Waals surface area contributed by atoms with Crippen molar-refractivity contribution in [1.29, 1.82) is 0 Å². The Morgan fingerprint density at radius 2 is 2.00 bits per heavy atom. The number of sulfone groups is 1. The number of carbonyl (C=O) groups is 1.